The molecule has 0 saturated carbocycles. The fourth-order valence-electron chi connectivity index (χ4n) is 1.79. The molecule has 0 amide bonds. The predicted molar refractivity (Wildman–Crippen MR) is 77.4 cm³/mol. The number of benzene rings is 2. The number of hydrogen-bond acceptors (Lipinski definition) is 4. The van der Waals surface area contributed by atoms with Gasteiger partial charge in [-0.15, -0.1) is 0 Å². The molecule has 104 valence electrons. The number of anilines is 1. The number of halogens is 1. The van der Waals surface area contributed by atoms with E-state index in [2.05, 4.69) is 0 Å². The van der Waals surface area contributed by atoms with E-state index in [9.17, 15) is 15.3 Å². The maximum absolute atomic E-state index is 10.5. The minimum atomic E-state index is -0.436. The first-order valence-electron chi connectivity index (χ1n) is 6.01. The van der Waals surface area contributed by atoms with E-state index in [1.807, 2.05) is 0 Å². The molecule has 0 aliphatic carbocycles. The third kappa shape index (κ3) is 3.69. The molecule has 0 atom stereocenters. The van der Waals surface area contributed by atoms with Crippen molar-refractivity contribution in [3.05, 3.63) is 69.2 Å². The van der Waals surface area contributed by atoms with Crippen molar-refractivity contribution in [2.75, 3.05) is 11.6 Å². The van der Waals surface area contributed by atoms with Crippen LogP contribution in [0, 0.1) is 10.1 Å². The number of nitrogens with zero attached hydrogens (tertiary/aromatic N) is 2. The van der Waals surface area contributed by atoms with Gasteiger partial charge in [0.1, 0.15) is 0 Å². The van der Waals surface area contributed by atoms with Crippen molar-refractivity contribution in [2.24, 2.45) is 0 Å². The Labute approximate surface area is 121 Å². The molecule has 2 aromatic carbocycles. The molecule has 6 heteroatoms. The zero-order valence-corrected chi connectivity index (χ0v) is 11.3. The molecule has 0 aliphatic rings. The van der Waals surface area contributed by atoms with Gasteiger partial charge in [-0.3, -0.25) is 20.4 Å². The van der Waals surface area contributed by atoms with Crippen molar-refractivity contribution < 1.29 is 10.1 Å². The van der Waals surface area contributed by atoms with Crippen molar-refractivity contribution >= 4 is 23.0 Å². The summed E-state index contributed by atoms with van der Waals surface area (Å²) in [5.41, 5.74) is 1.58. The second-order valence-corrected chi connectivity index (χ2v) is 4.71. The first-order chi connectivity index (χ1) is 9.56. The fourth-order valence-corrected chi connectivity index (χ4v) is 1.97. The molecule has 0 radical (unpaired) electrons. The number of rotatable bonds is 5. The summed E-state index contributed by atoms with van der Waals surface area (Å²) in [5.74, 6) is 0. The van der Waals surface area contributed by atoms with E-state index >= 15 is 0 Å². The Morgan fingerprint density at radius 1 is 1.20 bits per heavy atom. The van der Waals surface area contributed by atoms with Crippen LogP contribution in [0.15, 0.2) is 48.5 Å². The van der Waals surface area contributed by atoms with Gasteiger partial charge in [-0.05, 0) is 30.2 Å². The Morgan fingerprint density at radius 3 is 2.50 bits per heavy atom. The summed E-state index contributed by atoms with van der Waals surface area (Å²) >= 11 is 5.85. The summed E-state index contributed by atoms with van der Waals surface area (Å²) in [5, 5.41) is 22.1. The largest absolute Gasteiger partial charge is 0.288 e. The number of nitro benzene ring substituents is 1. The predicted octanol–water partition coefficient (Wildman–Crippen LogP) is 3.69. The van der Waals surface area contributed by atoms with E-state index in [0.717, 1.165) is 10.6 Å². The lowest BCUT2D eigenvalue weighted by atomic mass is 10.1. The monoisotopic (exact) mass is 292 g/mol. The highest BCUT2D eigenvalue weighted by molar-refractivity contribution is 6.30. The van der Waals surface area contributed by atoms with Crippen molar-refractivity contribution in [3.8, 4) is 0 Å². The van der Waals surface area contributed by atoms with E-state index in [1.165, 1.54) is 12.1 Å². The van der Waals surface area contributed by atoms with E-state index in [-0.39, 0.29) is 5.69 Å². The average Bonchev–Trinajstić information content (AvgIpc) is 2.45. The first-order valence-corrected chi connectivity index (χ1v) is 6.39. The van der Waals surface area contributed by atoms with Crippen LogP contribution in [-0.4, -0.2) is 16.7 Å². The summed E-state index contributed by atoms with van der Waals surface area (Å²) in [6, 6.07) is 13.2. The quantitative estimate of drug-likeness (QED) is 0.674. The highest BCUT2D eigenvalue weighted by Crippen LogP contribution is 2.19. The lowest BCUT2D eigenvalue weighted by molar-refractivity contribution is -0.384. The van der Waals surface area contributed by atoms with Crippen LogP contribution in [0.5, 0.6) is 0 Å². The molecule has 1 N–H and O–H groups in total. The fraction of sp³-hybridized carbons (Fsp3) is 0.143. The molecular weight excluding hydrogens is 280 g/mol. The minimum Gasteiger partial charge on any atom is -0.288 e. The molecule has 2 aromatic rings. The number of hydrogen-bond donors (Lipinski definition) is 1. The van der Waals surface area contributed by atoms with Crippen LogP contribution in [0.4, 0.5) is 11.4 Å². The molecule has 2 rings (SSSR count). The van der Waals surface area contributed by atoms with Gasteiger partial charge in [0.15, 0.2) is 0 Å². The molecule has 0 heterocycles. The lowest BCUT2D eigenvalue weighted by Crippen LogP contribution is -2.21. The zero-order chi connectivity index (χ0) is 14.5. The molecule has 0 aromatic heterocycles. The van der Waals surface area contributed by atoms with Crippen LogP contribution in [0.2, 0.25) is 5.02 Å². The van der Waals surface area contributed by atoms with Crippen molar-refractivity contribution in [1.82, 2.24) is 0 Å². The Hall–Kier alpha value is -2.11. The van der Waals surface area contributed by atoms with Crippen molar-refractivity contribution in [2.45, 2.75) is 6.42 Å². The van der Waals surface area contributed by atoms with E-state index in [4.69, 9.17) is 11.6 Å². The Kier molecular flexibility index (Phi) is 4.55. The van der Waals surface area contributed by atoms with Crippen LogP contribution in [0.3, 0.4) is 0 Å². The molecule has 0 bridgehead atoms. The first kappa shape index (κ1) is 14.3. The number of hydroxylamine groups is 1. The van der Waals surface area contributed by atoms with E-state index in [1.54, 1.807) is 36.4 Å². The van der Waals surface area contributed by atoms with Gasteiger partial charge in [0.2, 0.25) is 0 Å². The van der Waals surface area contributed by atoms with Gasteiger partial charge >= 0.3 is 0 Å². The smallest absolute Gasteiger partial charge is 0.269 e. The Morgan fingerprint density at radius 2 is 1.90 bits per heavy atom. The van der Waals surface area contributed by atoms with Crippen LogP contribution < -0.4 is 5.06 Å². The van der Waals surface area contributed by atoms with Crippen LogP contribution >= 0.6 is 11.6 Å². The van der Waals surface area contributed by atoms with Crippen LogP contribution in [0.25, 0.3) is 0 Å². The average molecular weight is 293 g/mol. The second-order valence-electron chi connectivity index (χ2n) is 4.28. The van der Waals surface area contributed by atoms with Gasteiger partial charge < -0.3 is 0 Å². The van der Waals surface area contributed by atoms with E-state index in [0.29, 0.717) is 23.7 Å². The molecule has 0 unspecified atom stereocenters. The highest BCUT2D eigenvalue weighted by Gasteiger charge is 2.06. The summed E-state index contributed by atoms with van der Waals surface area (Å²) in [6.45, 7) is 0.373. The molecule has 20 heavy (non-hydrogen) atoms. The Balaban J connectivity index is 1.96. The SMILES string of the molecule is O=[N+]([O-])c1ccc(CCN(O)c2cccc(Cl)c2)cc1. The minimum absolute atomic E-state index is 0.0597. The topological polar surface area (TPSA) is 66.6 Å². The van der Waals surface area contributed by atoms with Gasteiger partial charge in [0, 0.05) is 23.7 Å². The second kappa shape index (κ2) is 6.36. The summed E-state index contributed by atoms with van der Waals surface area (Å²) < 4.78 is 0. The third-order valence-electron chi connectivity index (χ3n) is 2.87. The van der Waals surface area contributed by atoms with Gasteiger partial charge in [-0.25, -0.2) is 0 Å². The summed E-state index contributed by atoms with van der Waals surface area (Å²) in [7, 11) is 0. The van der Waals surface area contributed by atoms with Gasteiger partial charge in [0.05, 0.1) is 10.6 Å². The van der Waals surface area contributed by atoms with Crippen LogP contribution in [0.1, 0.15) is 5.56 Å². The van der Waals surface area contributed by atoms with Crippen LogP contribution in [-0.2, 0) is 6.42 Å². The van der Waals surface area contributed by atoms with Gasteiger partial charge in [-0.2, -0.15) is 0 Å². The van der Waals surface area contributed by atoms with Gasteiger partial charge in [-0.1, -0.05) is 29.8 Å². The zero-order valence-electron chi connectivity index (χ0n) is 10.6. The molecule has 0 aliphatic heterocycles. The molecule has 0 saturated heterocycles. The normalized spacial score (nSPS) is 10.3. The van der Waals surface area contributed by atoms with Crippen molar-refractivity contribution in [3.63, 3.8) is 0 Å². The molecular formula is C14H13ClN2O3. The molecule has 5 nitrogen and oxygen atoms in total. The number of non-ortho nitro benzene ring substituents is 1. The maximum atomic E-state index is 10.5. The third-order valence-corrected chi connectivity index (χ3v) is 3.10. The molecule has 0 spiro atoms. The standard InChI is InChI=1S/C14H13ClN2O3/c15-12-2-1-3-14(10-12)16(18)9-8-11-4-6-13(7-5-11)17(19)20/h1-7,10,18H,8-9H2. The lowest BCUT2D eigenvalue weighted by Gasteiger charge is -2.17. The van der Waals surface area contributed by atoms with Gasteiger partial charge in [0.25, 0.3) is 5.69 Å². The summed E-state index contributed by atoms with van der Waals surface area (Å²) in [4.78, 5) is 10.1. The van der Waals surface area contributed by atoms with E-state index < -0.39 is 4.92 Å². The van der Waals surface area contributed by atoms with Crippen molar-refractivity contribution in [1.29, 1.82) is 0 Å². The number of nitro groups is 1. The summed E-state index contributed by atoms with van der Waals surface area (Å²) in [6.07, 6.45) is 0.570. The maximum Gasteiger partial charge on any atom is 0.269 e. The highest BCUT2D eigenvalue weighted by atomic mass is 35.5. The Bertz CT molecular complexity index is 602. The molecule has 0 fully saturated rings.